The van der Waals surface area contributed by atoms with Crippen LogP contribution in [0.4, 0.5) is 0 Å². The van der Waals surface area contributed by atoms with Crippen LogP contribution in [0.25, 0.3) is 0 Å². The molecule has 0 unspecified atom stereocenters. The minimum atomic E-state index is -1.19. The molecule has 3 aromatic rings. The molecule has 15 heteroatoms. The fourth-order valence-electron chi connectivity index (χ4n) is 4.62. The number of esters is 4. The van der Waals surface area contributed by atoms with E-state index in [9.17, 15) is 33.6 Å². The van der Waals surface area contributed by atoms with Gasteiger partial charge < -0.3 is 39.0 Å². The molecule has 0 aliphatic carbocycles. The first-order valence-corrected chi connectivity index (χ1v) is 15.3. The van der Waals surface area contributed by atoms with Crippen LogP contribution in [0.2, 0.25) is 0 Å². The summed E-state index contributed by atoms with van der Waals surface area (Å²) in [7, 11) is 0. The number of para-hydroxylation sites is 3. The lowest BCUT2D eigenvalue weighted by Gasteiger charge is -2.25. The second-order valence-electron chi connectivity index (χ2n) is 10.6. The molecule has 3 rings (SSSR count). The maximum absolute atomic E-state index is 14.1. The molecule has 0 heterocycles. The van der Waals surface area contributed by atoms with E-state index in [0.717, 1.165) is 27.7 Å². The first kappa shape index (κ1) is 38.2. The monoisotopic (exact) mass is 692 g/mol. The van der Waals surface area contributed by atoms with Crippen molar-refractivity contribution in [3.63, 3.8) is 0 Å². The fourth-order valence-corrected chi connectivity index (χ4v) is 4.62. The summed E-state index contributed by atoms with van der Waals surface area (Å²) < 4.78 is 26.2. The number of rotatable bonds is 16. The number of nitrogens with one attached hydrogen (secondary N) is 1. The highest BCUT2D eigenvalue weighted by molar-refractivity contribution is 5.99. The maximum atomic E-state index is 14.1. The molecule has 0 aromatic heterocycles. The topological polar surface area (TPSA) is 201 Å². The highest BCUT2D eigenvalue weighted by Crippen LogP contribution is 2.34. The number of unbranched alkanes of at least 4 members (excludes halogenated alkanes) is 1. The standard InChI is InChI=1S/C35H36N2O13/c1-21(38)47-29-15-9-12-26(32(29)49-23(3)40)34(44)36-17-7-8-18-37(19-25-11-5-6-14-28(25)46-20-31(42)43)35(45)27-13-10-16-30(48-22(2)39)33(27)50-24(4)41/h5-6,9-16H,7-8,17-20H2,1-4H3,(H,36,44)(H,42,43). The number of ether oxygens (including phenoxy) is 5. The summed E-state index contributed by atoms with van der Waals surface area (Å²) in [6, 6.07) is 15.0. The van der Waals surface area contributed by atoms with Crippen molar-refractivity contribution in [2.24, 2.45) is 0 Å². The Bertz CT molecular complexity index is 1770. The molecule has 2 amide bonds. The Hall–Kier alpha value is -6.25. The van der Waals surface area contributed by atoms with Gasteiger partial charge in [-0.25, -0.2) is 4.79 Å². The largest absolute Gasteiger partial charge is 0.482 e. The van der Waals surface area contributed by atoms with Crippen LogP contribution in [0.5, 0.6) is 28.7 Å². The van der Waals surface area contributed by atoms with Gasteiger partial charge in [0.2, 0.25) is 0 Å². The van der Waals surface area contributed by atoms with Gasteiger partial charge >= 0.3 is 29.8 Å². The van der Waals surface area contributed by atoms with E-state index in [1.54, 1.807) is 24.3 Å². The number of carbonyl (C=O) groups excluding carboxylic acids is 6. The van der Waals surface area contributed by atoms with Gasteiger partial charge in [0.25, 0.3) is 11.8 Å². The molecule has 50 heavy (non-hydrogen) atoms. The smallest absolute Gasteiger partial charge is 0.341 e. The Balaban J connectivity index is 1.84. The Kier molecular flexibility index (Phi) is 14.0. The number of nitrogens with zero attached hydrogens (tertiary/aromatic N) is 1. The van der Waals surface area contributed by atoms with Crippen molar-refractivity contribution in [3.8, 4) is 28.7 Å². The van der Waals surface area contributed by atoms with Crippen LogP contribution in [0.1, 0.15) is 66.8 Å². The Morgan fingerprint density at radius 2 is 1.16 bits per heavy atom. The van der Waals surface area contributed by atoms with Crippen LogP contribution in [0.3, 0.4) is 0 Å². The van der Waals surface area contributed by atoms with E-state index in [1.807, 2.05) is 0 Å². The lowest BCUT2D eigenvalue weighted by molar-refractivity contribution is -0.139. The lowest BCUT2D eigenvalue weighted by Crippen LogP contribution is -2.33. The highest BCUT2D eigenvalue weighted by atomic mass is 16.6. The first-order valence-electron chi connectivity index (χ1n) is 15.3. The van der Waals surface area contributed by atoms with Gasteiger partial charge in [-0.05, 0) is 43.2 Å². The molecule has 0 atom stereocenters. The number of carboxylic acids is 1. The predicted octanol–water partition coefficient (Wildman–Crippen LogP) is 3.70. The molecule has 0 saturated carbocycles. The number of amides is 2. The van der Waals surface area contributed by atoms with Crippen molar-refractivity contribution in [3.05, 3.63) is 77.4 Å². The van der Waals surface area contributed by atoms with Crippen molar-refractivity contribution in [1.29, 1.82) is 0 Å². The highest BCUT2D eigenvalue weighted by Gasteiger charge is 2.26. The summed E-state index contributed by atoms with van der Waals surface area (Å²) >= 11 is 0. The molecule has 3 aromatic carbocycles. The second kappa shape index (κ2) is 18.3. The van der Waals surface area contributed by atoms with Gasteiger partial charge in [-0.2, -0.15) is 0 Å². The minimum absolute atomic E-state index is 0.0422. The van der Waals surface area contributed by atoms with E-state index in [4.69, 9.17) is 28.8 Å². The van der Waals surface area contributed by atoms with E-state index in [-0.39, 0.29) is 59.5 Å². The quantitative estimate of drug-likeness (QED) is 0.125. The van der Waals surface area contributed by atoms with Gasteiger partial charge in [-0.3, -0.25) is 28.8 Å². The van der Waals surface area contributed by atoms with E-state index in [2.05, 4.69) is 5.32 Å². The Labute approximate surface area is 287 Å². The molecule has 15 nitrogen and oxygen atoms in total. The van der Waals surface area contributed by atoms with E-state index >= 15 is 0 Å². The third-order valence-corrected chi connectivity index (χ3v) is 6.54. The number of hydrogen-bond donors (Lipinski definition) is 2. The van der Waals surface area contributed by atoms with E-state index in [0.29, 0.717) is 18.4 Å². The summed E-state index contributed by atoms with van der Waals surface area (Å²) in [6.45, 7) is 4.12. The van der Waals surface area contributed by atoms with Crippen molar-refractivity contribution < 1.29 is 62.4 Å². The SMILES string of the molecule is CC(=O)Oc1cccc(C(=O)NCCCCN(Cc2ccccc2OCC(=O)O)C(=O)c2cccc(OC(C)=O)c2OC(C)=O)c1OC(C)=O. The van der Waals surface area contributed by atoms with Crippen molar-refractivity contribution >= 4 is 41.7 Å². The van der Waals surface area contributed by atoms with Gasteiger partial charge in [0.1, 0.15) is 5.75 Å². The molecule has 0 saturated heterocycles. The average Bonchev–Trinajstić information content (AvgIpc) is 3.03. The van der Waals surface area contributed by atoms with Crippen LogP contribution in [0.15, 0.2) is 60.7 Å². The minimum Gasteiger partial charge on any atom is -0.482 e. The molecule has 2 N–H and O–H groups in total. The average molecular weight is 693 g/mol. The third-order valence-electron chi connectivity index (χ3n) is 6.54. The molecular weight excluding hydrogens is 656 g/mol. The maximum Gasteiger partial charge on any atom is 0.341 e. The fraction of sp³-hybridized carbons (Fsp3) is 0.286. The van der Waals surface area contributed by atoms with Gasteiger partial charge in [-0.15, -0.1) is 0 Å². The van der Waals surface area contributed by atoms with Crippen molar-refractivity contribution in [2.45, 2.75) is 47.1 Å². The number of hydrogen-bond acceptors (Lipinski definition) is 12. The van der Waals surface area contributed by atoms with Crippen LogP contribution < -0.4 is 29.0 Å². The molecule has 0 aliphatic rings. The molecular formula is C35H36N2O13. The van der Waals surface area contributed by atoms with E-state index < -0.39 is 48.3 Å². The molecule has 0 bridgehead atoms. The van der Waals surface area contributed by atoms with Crippen molar-refractivity contribution in [1.82, 2.24) is 10.2 Å². The summed E-state index contributed by atoms with van der Waals surface area (Å²) in [6.07, 6.45) is 0.685. The molecule has 264 valence electrons. The first-order chi connectivity index (χ1) is 23.8. The zero-order valence-corrected chi connectivity index (χ0v) is 27.8. The number of carbonyl (C=O) groups is 7. The lowest BCUT2D eigenvalue weighted by atomic mass is 10.1. The molecule has 0 aliphatic heterocycles. The summed E-state index contributed by atoms with van der Waals surface area (Å²) in [4.78, 5) is 86.6. The Morgan fingerprint density at radius 1 is 0.640 bits per heavy atom. The molecule has 0 spiro atoms. The molecule has 0 fully saturated rings. The second-order valence-corrected chi connectivity index (χ2v) is 10.6. The number of carboxylic acid groups (broad SMARTS) is 1. The van der Waals surface area contributed by atoms with Crippen LogP contribution in [-0.2, 0) is 30.5 Å². The van der Waals surface area contributed by atoms with Gasteiger partial charge in [0.15, 0.2) is 29.6 Å². The summed E-state index contributed by atoms with van der Waals surface area (Å²) in [5.41, 5.74) is 0.354. The zero-order chi connectivity index (χ0) is 36.8. The van der Waals surface area contributed by atoms with Crippen LogP contribution in [0, 0.1) is 0 Å². The van der Waals surface area contributed by atoms with Crippen molar-refractivity contribution in [2.75, 3.05) is 19.7 Å². The van der Waals surface area contributed by atoms with Crippen LogP contribution in [-0.4, -0.2) is 71.4 Å². The van der Waals surface area contributed by atoms with E-state index in [1.165, 1.54) is 41.3 Å². The summed E-state index contributed by atoms with van der Waals surface area (Å²) in [5.74, 6) is -5.77. The van der Waals surface area contributed by atoms with Gasteiger partial charge in [0, 0.05) is 52.9 Å². The number of benzene rings is 3. The molecule has 0 radical (unpaired) electrons. The summed E-state index contributed by atoms with van der Waals surface area (Å²) in [5, 5.41) is 11.8. The normalized spacial score (nSPS) is 10.3. The number of aliphatic carboxylic acids is 1. The van der Waals surface area contributed by atoms with Gasteiger partial charge in [0.05, 0.1) is 11.1 Å². The Morgan fingerprint density at radius 3 is 1.72 bits per heavy atom. The third kappa shape index (κ3) is 11.5. The predicted molar refractivity (Wildman–Crippen MR) is 174 cm³/mol. The zero-order valence-electron chi connectivity index (χ0n) is 27.8. The van der Waals surface area contributed by atoms with Crippen LogP contribution >= 0.6 is 0 Å². The van der Waals surface area contributed by atoms with Gasteiger partial charge in [-0.1, -0.05) is 30.3 Å².